The Hall–Kier alpha value is -1.57. The highest BCUT2D eigenvalue weighted by Crippen LogP contribution is 2.22. The van der Waals surface area contributed by atoms with Crippen molar-refractivity contribution in [3.63, 3.8) is 0 Å². The molecule has 1 aliphatic heterocycles. The van der Waals surface area contributed by atoms with Crippen molar-refractivity contribution in [1.82, 2.24) is 4.90 Å². The molecule has 1 N–H and O–H groups in total. The van der Waals surface area contributed by atoms with Gasteiger partial charge in [0.25, 0.3) is 0 Å². The van der Waals surface area contributed by atoms with Crippen LogP contribution in [0, 0.1) is 18.2 Å². The highest BCUT2D eigenvalue weighted by Gasteiger charge is 2.28. The van der Waals surface area contributed by atoms with E-state index in [1.807, 2.05) is 4.90 Å². The molecule has 1 aromatic rings. The summed E-state index contributed by atoms with van der Waals surface area (Å²) in [6, 6.07) is 3.90. The second kappa shape index (κ2) is 6.74. The summed E-state index contributed by atoms with van der Waals surface area (Å²) in [7, 11) is 0. The Labute approximate surface area is 123 Å². The second-order valence-electron chi connectivity index (χ2n) is 4.80. The average Bonchev–Trinajstić information content (AvgIpc) is 2.44. The minimum atomic E-state index is -0.503. The van der Waals surface area contributed by atoms with Gasteiger partial charge < -0.3 is 5.32 Å². The quantitative estimate of drug-likeness (QED) is 0.870. The third kappa shape index (κ3) is 3.50. The number of nitrogens with one attached hydrogen (secondary N) is 1. The number of carbonyl (C=O) groups excluding carboxylic acids is 1. The molecule has 1 heterocycles. The summed E-state index contributed by atoms with van der Waals surface area (Å²) in [5.41, 5.74) is 0.493. The normalized spacial score (nSPS) is 19.4. The molecule has 0 spiro atoms. The molecule has 2 rings (SSSR count). The fourth-order valence-electron chi connectivity index (χ4n) is 2.39. The van der Waals surface area contributed by atoms with Crippen LogP contribution in [-0.2, 0) is 4.79 Å². The van der Waals surface area contributed by atoms with E-state index in [1.54, 1.807) is 0 Å². The van der Waals surface area contributed by atoms with Gasteiger partial charge in [0.05, 0.1) is 17.6 Å². The minimum absolute atomic E-state index is 0.00748. The maximum absolute atomic E-state index is 13.1. The molecule has 5 heteroatoms. The van der Waals surface area contributed by atoms with Crippen LogP contribution in [0.4, 0.5) is 10.1 Å². The number of amides is 1. The summed E-state index contributed by atoms with van der Waals surface area (Å²) in [4.78, 5) is 14.3. The first-order valence-electron chi connectivity index (χ1n) is 6.55. The van der Waals surface area contributed by atoms with Crippen LogP contribution < -0.4 is 5.32 Å². The van der Waals surface area contributed by atoms with Crippen molar-refractivity contribution in [2.75, 3.05) is 18.4 Å². The Bertz CT molecular complexity index is 541. The number of piperidine rings is 1. The molecule has 0 bridgehead atoms. The van der Waals surface area contributed by atoms with Crippen LogP contribution in [0.2, 0.25) is 5.02 Å². The monoisotopic (exact) mass is 294 g/mol. The van der Waals surface area contributed by atoms with E-state index in [0.29, 0.717) is 12.2 Å². The van der Waals surface area contributed by atoms with Gasteiger partial charge in [0.2, 0.25) is 5.91 Å². The molecule has 1 aromatic carbocycles. The smallest absolute Gasteiger partial charge is 0.241 e. The van der Waals surface area contributed by atoms with Crippen molar-refractivity contribution in [3.05, 3.63) is 29.0 Å². The summed E-state index contributed by atoms with van der Waals surface area (Å²) < 4.78 is 13.1. The molecule has 1 saturated heterocycles. The molecule has 0 aliphatic carbocycles. The number of rotatable bonds is 3. The van der Waals surface area contributed by atoms with Crippen molar-refractivity contribution in [3.8, 4) is 12.3 Å². The first kappa shape index (κ1) is 14.8. The van der Waals surface area contributed by atoms with Crippen LogP contribution in [0.25, 0.3) is 0 Å². The standard InChI is InChI=1S/C15H16ClFN2O/c1-2-8-19-9-4-3-5-14(19)15(20)18-11-6-7-13(17)12(16)10-11/h1,6-7,10,14H,3-5,8-9H2,(H,18,20)/t14-/m0/s1. The molecular weight excluding hydrogens is 279 g/mol. The van der Waals surface area contributed by atoms with Crippen LogP contribution in [0.5, 0.6) is 0 Å². The van der Waals surface area contributed by atoms with E-state index < -0.39 is 5.82 Å². The largest absolute Gasteiger partial charge is 0.325 e. The van der Waals surface area contributed by atoms with Crippen LogP contribution in [-0.4, -0.2) is 29.9 Å². The zero-order valence-electron chi connectivity index (χ0n) is 11.0. The third-order valence-corrected chi connectivity index (χ3v) is 3.69. The molecule has 1 amide bonds. The number of anilines is 1. The number of nitrogens with zero attached hydrogens (tertiary/aromatic N) is 1. The van der Waals surface area contributed by atoms with Crippen LogP contribution in [0.15, 0.2) is 18.2 Å². The van der Waals surface area contributed by atoms with Gasteiger partial charge in [-0.25, -0.2) is 4.39 Å². The van der Waals surface area contributed by atoms with Gasteiger partial charge in [0.1, 0.15) is 5.82 Å². The molecule has 3 nitrogen and oxygen atoms in total. The number of likely N-dealkylation sites (tertiary alicyclic amines) is 1. The van der Waals surface area contributed by atoms with Crippen molar-refractivity contribution >= 4 is 23.2 Å². The number of terminal acetylenes is 1. The number of hydrogen-bond donors (Lipinski definition) is 1. The Morgan fingerprint density at radius 2 is 2.35 bits per heavy atom. The van der Waals surface area contributed by atoms with E-state index in [1.165, 1.54) is 18.2 Å². The van der Waals surface area contributed by atoms with Gasteiger partial charge in [0, 0.05) is 5.69 Å². The van der Waals surface area contributed by atoms with Crippen LogP contribution in [0.1, 0.15) is 19.3 Å². The van der Waals surface area contributed by atoms with Crippen molar-refractivity contribution < 1.29 is 9.18 Å². The Morgan fingerprint density at radius 1 is 1.55 bits per heavy atom. The fraction of sp³-hybridized carbons (Fsp3) is 0.400. The summed E-state index contributed by atoms with van der Waals surface area (Å²) in [5, 5.41) is 2.76. The van der Waals surface area contributed by atoms with E-state index in [-0.39, 0.29) is 17.0 Å². The SMILES string of the molecule is C#CCN1CCCC[C@H]1C(=O)Nc1ccc(F)c(Cl)c1. The van der Waals surface area contributed by atoms with E-state index in [0.717, 1.165) is 25.8 Å². The number of hydrogen-bond acceptors (Lipinski definition) is 2. The molecule has 0 aromatic heterocycles. The summed E-state index contributed by atoms with van der Waals surface area (Å²) >= 11 is 5.70. The Kier molecular flexibility index (Phi) is 4.99. The van der Waals surface area contributed by atoms with E-state index in [9.17, 15) is 9.18 Å². The Balaban J connectivity index is 2.06. The molecule has 1 atom stereocenters. The average molecular weight is 295 g/mol. The molecule has 1 aliphatic rings. The van der Waals surface area contributed by atoms with Gasteiger partial charge in [-0.1, -0.05) is 23.9 Å². The van der Waals surface area contributed by atoms with Crippen LogP contribution in [0.3, 0.4) is 0 Å². The highest BCUT2D eigenvalue weighted by molar-refractivity contribution is 6.31. The number of carbonyl (C=O) groups is 1. The van der Waals surface area contributed by atoms with Crippen molar-refractivity contribution in [1.29, 1.82) is 0 Å². The lowest BCUT2D eigenvalue weighted by molar-refractivity contribution is -0.122. The molecule has 0 saturated carbocycles. The van der Waals surface area contributed by atoms with Crippen LogP contribution >= 0.6 is 11.6 Å². The lowest BCUT2D eigenvalue weighted by Crippen LogP contribution is -2.47. The van der Waals surface area contributed by atoms with Gasteiger partial charge in [-0.3, -0.25) is 9.69 Å². The van der Waals surface area contributed by atoms with Gasteiger partial charge >= 0.3 is 0 Å². The molecule has 0 radical (unpaired) electrons. The Morgan fingerprint density at radius 3 is 3.05 bits per heavy atom. The number of benzene rings is 1. The molecule has 20 heavy (non-hydrogen) atoms. The molecule has 1 fully saturated rings. The van der Waals surface area contributed by atoms with Gasteiger partial charge in [-0.05, 0) is 37.6 Å². The highest BCUT2D eigenvalue weighted by atomic mass is 35.5. The third-order valence-electron chi connectivity index (χ3n) is 3.40. The maximum Gasteiger partial charge on any atom is 0.241 e. The predicted octanol–water partition coefficient (Wildman–Crippen LogP) is 2.91. The zero-order chi connectivity index (χ0) is 14.5. The van der Waals surface area contributed by atoms with Crippen molar-refractivity contribution in [2.45, 2.75) is 25.3 Å². The topological polar surface area (TPSA) is 32.3 Å². The number of halogens is 2. The van der Waals surface area contributed by atoms with E-state index in [4.69, 9.17) is 18.0 Å². The predicted molar refractivity (Wildman–Crippen MR) is 78.1 cm³/mol. The van der Waals surface area contributed by atoms with Crippen molar-refractivity contribution in [2.24, 2.45) is 0 Å². The summed E-state index contributed by atoms with van der Waals surface area (Å²) in [5.74, 6) is 1.95. The molecule has 106 valence electrons. The van der Waals surface area contributed by atoms with Gasteiger partial charge in [-0.15, -0.1) is 6.42 Å². The first-order chi connectivity index (χ1) is 9.61. The fourth-order valence-corrected chi connectivity index (χ4v) is 2.57. The molecule has 0 unspecified atom stereocenters. The van der Waals surface area contributed by atoms with Gasteiger partial charge in [-0.2, -0.15) is 0 Å². The van der Waals surface area contributed by atoms with Gasteiger partial charge in [0.15, 0.2) is 0 Å². The summed E-state index contributed by atoms with van der Waals surface area (Å²) in [6.45, 7) is 1.29. The lowest BCUT2D eigenvalue weighted by Gasteiger charge is -2.33. The second-order valence-corrected chi connectivity index (χ2v) is 5.21. The van der Waals surface area contributed by atoms with E-state index >= 15 is 0 Å². The molecular formula is C15H16ClFN2O. The zero-order valence-corrected chi connectivity index (χ0v) is 11.8. The first-order valence-corrected chi connectivity index (χ1v) is 6.93. The maximum atomic E-state index is 13.1. The minimum Gasteiger partial charge on any atom is -0.325 e. The lowest BCUT2D eigenvalue weighted by atomic mass is 10.0. The summed E-state index contributed by atoms with van der Waals surface area (Å²) in [6.07, 6.45) is 8.16. The van der Waals surface area contributed by atoms with E-state index in [2.05, 4.69) is 11.2 Å².